The van der Waals surface area contributed by atoms with Crippen molar-refractivity contribution < 1.29 is 9.53 Å². The summed E-state index contributed by atoms with van der Waals surface area (Å²) in [5.74, 6) is -0.220. The van der Waals surface area contributed by atoms with E-state index in [2.05, 4.69) is 10.3 Å². The predicted molar refractivity (Wildman–Crippen MR) is 74.5 cm³/mol. The van der Waals surface area contributed by atoms with E-state index in [-0.39, 0.29) is 12.5 Å². The van der Waals surface area contributed by atoms with E-state index in [4.69, 9.17) is 10.5 Å². The van der Waals surface area contributed by atoms with E-state index in [1.54, 1.807) is 12.5 Å². The van der Waals surface area contributed by atoms with Crippen molar-refractivity contribution in [2.75, 3.05) is 18.5 Å². The molecule has 1 amide bonds. The topological polar surface area (TPSA) is 82.2 Å². The normalized spacial score (nSPS) is 21.9. The third-order valence-corrected chi connectivity index (χ3v) is 3.44. The molecule has 1 atom stereocenters. The van der Waals surface area contributed by atoms with E-state index in [0.717, 1.165) is 5.69 Å². The van der Waals surface area contributed by atoms with Crippen molar-refractivity contribution in [3.63, 3.8) is 0 Å². The summed E-state index contributed by atoms with van der Waals surface area (Å²) in [6.45, 7) is 0.777. The van der Waals surface area contributed by atoms with Crippen molar-refractivity contribution in [3.05, 3.63) is 43.0 Å². The number of carbonyl (C=O) groups excluding carboxylic acids is 1. The highest BCUT2D eigenvalue weighted by Crippen LogP contribution is 2.23. The summed E-state index contributed by atoms with van der Waals surface area (Å²) in [4.78, 5) is 16.3. The van der Waals surface area contributed by atoms with Gasteiger partial charge < -0.3 is 20.4 Å². The highest BCUT2D eigenvalue weighted by molar-refractivity contribution is 5.99. The zero-order valence-electron chi connectivity index (χ0n) is 11.0. The Morgan fingerprint density at radius 2 is 2.30 bits per heavy atom. The SMILES string of the molecule is NC1(C(=O)Nc2ccccc2-n2ccnc2)CCOC1. The Bertz CT molecular complexity index is 603. The lowest BCUT2D eigenvalue weighted by molar-refractivity contribution is -0.121. The molecular formula is C14H16N4O2. The van der Waals surface area contributed by atoms with Gasteiger partial charge in [-0.25, -0.2) is 4.98 Å². The maximum absolute atomic E-state index is 12.3. The molecule has 3 N–H and O–H groups in total. The predicted octanol–water partition coefficient (Wildman–Crippen LogP) is 0.929. The van der Waals surface area contributed by atoms with Crippen LogP contribution in [0.25, 0.3) is 5.69 Å². The van der Waals surface area contributed by atoms with E-state index in [1.807, 2.05) is 35.0 Å². The third-order valence-electron chi connectivity index (χ3n) is 3.44. The summed E-state index contributed by atoms with van der Waals surface area (Å²) < 4.78 is 7.06. The molecule has 1 aromatic heterocycles. The maximum atomic E-state index is 12.3. The molecule has 2 heterocycles. The number of carbonyl (C=O) groups is 1. The highest BCUT2D eigenvalue weighted by Gasteiger charge is 2.38. The number of nitrogens with one attached hydrogen (secondary N) is 1. The number of rotatable bonds is 3. The minimum absolute atomic E-state index is 0.220. The second-order valence-corrected chi connectivity index (χ2v) is 4.90. The van der Waals surface area contributed by atoms with E-state index in [0.29, 0.717) is 18.7 Å². The lowest BCUT2D eigenvalue weighted by Crippen LogP contribution is -2.51. The van der Waals surface area contributed by atoms with E-state index in [1.165, 1.54) is 0 Å². The van der Waals surface area contributed by atoms with E-state index in [9.17, 15) is 4.79 Å². The number of para-hydroxylation sites is 2. The van der Waals surface area contributed by atoms with Gasteiger partial charge in [0.2, 0.25) is 5.91 Å². The molecule has 1 aliphatic rings. The first-order chi connectivity index (χ1) is 9.69. The zero-order valence-corrected chi connectivity index (χ0v) is 11.0. The highest BCUT2D eigenvalue weighted by atomic mass is 16.5. The number of ether oxygens (including phenoxy) is 1. The fourth-order valence-corrected chi connectivity index (χ4v) is 2.21. The van der Waals surface area contributed by atoms with Gasteiger partial charge in [-0.05, 0) is 18.6 Å². The van der Waals surface area contributed by atoms with Crippen LogP contribution in [0.2, 0.25) is 0 Å². The molecule has 0 aliphatic carbocycles. The number of benzene rings is 1. The van der Waals surface area contributed by atoms with E-state index >= 15 is 0 Å². The maximum Gasteiger partial charge on any atom is 0.247 e. The average molecular weight is 272 g/mol. The van der Waals surface area contributed by atoms with Crippen LogP contribution < -0.4 is 11.1 Å². The third kappa shape index (κ3) is 2.31. The Morgan fingerprint density at radius 1 is 1.45 bits per heavy atom. The average Bonchev–Trinajstić information content (AvgIpc) is 3.11. The standard InChI is InChI=1S/C14H16N4O2/c15-14(5-8-20-9-14)13(19)17-11-3-1-2-4-12(11)18-7-6-16-10-18/h1-4,6-7,10H,5,8-9,15H2,(H,17,19). The molecule has 104 valence electrons. The summed E-state index contributed by atoms with van der Waals surface area (Å²) in [7, 11) is 0. The van der Waals surface area contributed by atoms with E-state index < -0.39 is 5.54 Å². The summed E-state index contributed by atoms with van der Waals surface area (Å²) in [6.07, 6.45) is 5.73. The quantitative estimate of drug-likeness (QED) is 0.870. The molecule has 0 spiro atoms. The Hall–Kier alpha value is -2.18. The lowest BCUT2D eigenvalue weighted by Gasteiger charge is -2.21. The fourth-order valence-electron chi connectivity index (χ4n) is 2.21. The molecule has 0 radical (unpaired) electrons. The Kier molecular flexibility index (Phi) is 3.25. The smallest absolute Gasteiger partial charge is 0.247 e. The number of hydrogen-bond acceptors (Lipinski definition) is 4. The number of imidazole rings is 1. The number of nitrogens with two attached hydrogens (primary N) is 1. The minimum Gasteiger partial charge on any atom is -0.379 e. The van der Waals surface area contributed by atoms with Crippen LogP contribution in [-0.2, 0) is 9.53 Å². The Labute approximate surface area is 116 Å². The van der Waals surface area contributed by atoms with Gasteiger partial charge in [0.15, 0.2) is 0 Å². The molecule has 6 heteroatoms. The first kappa shape index (κ1) is 12.8. The molecule has 0 saturated carbocycles. The second-order valence-electron chi connectivity index (χ2n) is 4.90. The number of hydrogen-bond donors (Lipinski definition) is 2. The van der Waals surface area contributed by atoms with Crippen molar-refractivity contribution in [1.29, 1.82) is 0 Å². The van der Waals surface area contributed by atoms with Gasteiger partial charge in [-0.2, -0.15) is 0 Å². The molecule has 1 aliphatic heterocycles. The first-order valence-corrected chi connectivity index (χ1v) is 6.44. The van der Waals surface area contributed by atoms with Gasteiger partial charge in [0.05, 0.1) is 24.3 Å². The van der Waals surface area contributed by atoms with Crippen molar-refractivity contribution >= 4 is 11.6 Å². The van der Waals surface area contributed by atoms with Crippen LogP contribution in [0.5, 0.6) is 0 Å². The molecule has 20 heavy (non-hydrogen) atoms. The van der Waals surface area contributed by atoms with Gasteiger partial charge in [0, 0.05) is 19.0 Å². The molecule has 6 nitrogen and oxygen atoms in total. The van der Waals surface area contributed by atoms with Gasteiger partial charge in [-0.15, -0.1) is 0 Å². The first-order valence-electron chi connectivity index (χ1n) is 6.44. The summed E-state index contributed by atoms with van der Waals surface area (Å²) >= 11 is 0. The van der Waals surface area contributed by atoms with Crippen LogP contribution in [0.15, 0.2) is 43.0 Å². The number of aromatic nitrogens is 2. The second kappa shape index (κ2) is 5.07. The van der Waals surface area contributed by atoms with Crippen LogP contribution in [-0.4, -0.2) is 34.2 Å². The summed E-state index contributed by atoms with van der Waals surface area (Å²) in [5.41, 5.74) is 6.67. The van der Waals surface area contributed by atoms with Gasteiger partial charge in [-0.3, -0.25) is 4.79 Å². The molecule has 3 rings (SSSR count). The lowest BCUT2D eigenvalue weighted by atomic mass is 9.99. The molecule has 1 unspecified atom stereocenters. The van der Waals surface area contributed by atoms with Crippen LogP contribution in [0.3, 0.4) is 0 Å². The summed E-state index contributed by atoms with van der Waals surface area (Å²) in [5, 5.41) is 2.89. The number of amides is 1. The Morgan fingerprint density at radius 3 is 3.00 bits per heavy atom. The van der Waals surface area contributed by atoms with Crippen LogP contribution in [0.4, 0.5) is 5.69 Å². The molecule has 1 aromatic carbocycles. The number of nitrogens with zero attached hydrogens (tertiary/aromatic N) is 2. The van der Waals surface area contributed by atoms with Crippen LogP contribution in [0.1, 0.15) is 6.42 Å². The molecule has 0 bridgehead atoms. The summed E-state index contributed by atoms with van der Waals surface area (Å²) in [6, 6.07) is 7.52. The molecular weight excluding hydrogens is 256 g/mol. The molecule has 1 saturated heterocycles. The van der Waals surface area contributed by atoms with Crippen LogP contribution in [0, 0.1) is 0 Å². The van der Waals surface area contributed by atoms with Gasteiger partial charge in [-0.1, -0.05) is 12.1 Å². The minimum atomic E-state index is -0.942. The van der Waals surface area contributed by atoms with Crippen molar-refractivity contribution in [3.8, 4) is 5.69 Å². The van der Waals surface area contributed by atoms with Crippen molar-refractivity contribution in [2.45, 2.75) is 12.0 Å². The molecule has 1 fully saturated rings. The molecule has 2 aromatic rings. The monoisotopic (exact) mass is 272 g/mol. The van der Waals surface area contributed by atoms with Crippen molar-refractivity contribution in [2.24, 2.45) is 5.73 Å². The van der Waals surface area contributed by atoms with Gasteiger partial charge in [0.1, 0.15) is 5.54 Å². The largest absolute Gasteiger partial charge is 0.379 e. The van der Waals surface area contributed by atoms with Gasteiger partial charge in [0.25, 0.3) is 0 Å². The van der Waals surface area contributed by atoms with Gasteiger partial charge >= 0.3 is 0 Å². The zero-order chi connectivity index (χ0) is 14.0. The fraction of sp³-hybridized carbons (Fsp3) is 0.286. The number of anilines is 1. The van der Waals surface area contributed by atoms with Crippen molar-refractivity contribution in [1.82, 2.24) is 9.55 Å². The Balaban J connectivity index is 1.86. The van der Waals surface area contributed by atoms with Crippen LogP contribution >= 0.6 is 0 Å².